The van der Waals surface area contributed by atoms with Gasteiger partial charge in [0.25, 0.3) is 0 Å². The van der Waals surface area contributed by atoms with Crippen molar-refractivity contribution in [3.8, 4) is 28.5 Å². The molecule has 0 amide bonds. The van der Waals surface area contributed by atoms with Gasteiger partial charge in [-0.05, 0) is 35.9 Å². The van der Waals surface area contributed by atoms with E-state index < -0.39 is 17.5 Å². The molecule has 0 aliphatic heterocycles. The van der Waals surface area contributed by atoms with Crippen LogP contribution in [0.1, 0.15) is 11.4 Å². The summed E-state index contributed by atoms with van der Waals surface area (Å²) < 4.78 is 48.1. The van der Waals surface area contributed by atoms with E-state index in [-0.39, 0.29) is 29.5 Å². The maximum absolute atomic E-state index is 14.3. The lowest BCUT2D eigenvalue weighted by molar-refractivity contribution is 0.399. The fourth-order valence-corrected chi connectivity index (χ4v) is 3.62. The highest BCUT2D eigenvalue weighted by atomic mass is 19.2. The first-order chi connectivity index (χ1) is 16.5. The summed E-state index contributed by atoms with van der Waals surface area (Å²) in [6, 6.07) is 8.99. The molecule has 1 aromatic carbocycles. The van der Waals surface area contributed by atoms with Gasteiger partial charge in [0.15, 0.2) is 23.3 Å². The lowest BCUT2D eigenvalue weighted by Crippen LogP contribution is -2.03. The SMILES string of the molecule is COc1ncccc1-c1cnc(-c2nc(Cc3ccc(F)c(F)c3F)n3ncccc23)nc1N. The van der Waals surface area contributed by atoms with E-state index in [1.807, 2.05) is 0 Å². The van der Waals surface area contributed by atoms with Gasteiger partial charge in [0.2, 0.25) is 5.88 Å². The molecule has 34 heavy (non-hydrogen) atoms. The molecule has 5 aromatic rings. The van der Waals surface area contributed by atoms with Crippen LogP contribution in [0.2, 0.25) is 0 Å². The van der Waals surface area contributed by atoms with Crippen molar-refractivity contribution in [2.45, 2.75) is 6.42 Å². The maximum Gasteiger partial charge on any atom is 0.221 e. The Morgan fingerprint density at radius 3 is 2.56 bits per heavy atom. The van der Waals surface area contributed by atoms with Crippen LogP contribution in [-0.4, -0.2) is 36.7 Å². The topological polar surface area (TPSA) is 104 Å². The minimum Gasteiger partial charge on any atom is -0.481 e. The number of anilines is 1. The van der Waals surface area contributed by atoms with E-state index in [1.54, 1.807) is 30.5 Å². The number of fused-ring (bicyclic) bond motifs is 1. The molecule has 11 heteroatoms. The van der Waals surface area contributed by atoms with Crippen LogP contribution >= 0.6 is 0 Å². The molecule has 2 N–H and O–H groups in total. The number of aromatic nitrogens is 6. The fourth-order valence-electron chi connectivity index (χ4n) is 3.62. The van der Waals surface area contributed by atoms with E-state index in [0.29, 0.717) is 28.2 Å². The zero-order chi connectivity index (χ0) is 23.8. The van der Waals surface area contributed by atoms with Crippen LogP contribution in [0.5, 0.6) is 5.88 Å². The molecule has 0 aliphatic carbocycles. The molecule has 8 nitrogen and oxygen atoms in total. The molecule has 0 bridgehead atoms. The lowest BCUT2D eigenvalue weighted by Gasteiger charge is -2.09. The number of nitrogens with two attached hydrogens (primary N) is 1. The highest BCUT2D eigenvalue weighted by Gasteiger charge is 2.21. The van der Waals surface area contributed by atoms with Crippen LogP contribution in [-0.2, 0) is 6.42 Å². The van der Waals surface area contributed by atoms with Crippen LogP contribution < -0.4 is 10.5 Å². The number of methoxy groups -OCH3 is 1. The third-order valence-corrected chi connectivity index (χ3v) is 5.23. The van der Waals surface area contributed by atoms with Gasteiger partial charge in [-0.15, -0.1) is 0 Å². The average Bonchev–Trinajstić information content (AvgIpc) is 3.23. The summed E-state index contributed by atoms with van der Waals surface area (Å²) in [6.07, 6.45) is 4.51. The average molecular weight is 463 g/mol. The first kappa shape index (κ1) is 21.3. The number of rotatable bonds is 5. The smallest absolute Gasteiger partial charge is 0.221 e. The van der Waals surface area contributed by atoms with Crippen molar-refractivity contribution in [1.82, 2.24) is 29.5 Å². The largest absolute Gasteiger partial charge is 0.481 e. The van der Waals surface area contributed by atoms with Gasteiger partial charge < -0.3 is 10.5 Å². The molecule has 0 fully saturated rings. The van der Waals surface area contributed by atoms with Crippen molar-refractivity contribution in [2.24, 2.45) is 0 Å². The molecule has 0 unspecified atom stereocenters. The number of hydrogen-bond donors (Lipinski definition) is 1. The molecule has 0 radical (unpaired) electrons. The molecule has 0 atom stereocenters. The highest BCUT2D eigenvalue weighted by molar-refractivity contribution is 5.79. The molecule has 0 saturated heterocycles. The number of hydrogen-bond acceptors (Lipinski definition) is 7. The van der Waals surface area contributed by atoms with Gasteiger partial charge >= 0.3 is 0 Å². The van der Waals surface area contributed by atoms with E-state index in [9.17, 15) is 13.2 Å². The van der Waals surface area contributed by atoms with Gasteiger partial charge in [0.05, 0.1) is 12.6 Å². The number of benzene rings is 1. The monoisotopic (exact) mass is 463 g/mol. The summed E-state index contributed by atoms with van der Waals surface area (Å²) in [6.45, 7) is 0. The zero-order valence-electron chi connectivity index (χ0n) is 17.7. The van der Waals surface area contributed by atoms with E-state index in [4.69, 9.17) is 10.5 Å². The number of nitrogens with zero attached hydrogens (tertiary/aromatic N) is 6. The van der Waals surface area contributed by atoms with Crippen LogP contribution in [0.4, 0.5) is 19.0 Å². The molecule has 4 aromatic heterocycles. The van der Waals surface area contributed by atoms with Gasteiger partial charge in [-0.2, -0.15) is 5.10 Å². The highest BCUT2D eigenvalue weighted by Crippen LogP contribution is 2.32. The number of pyridine rings is 1. The van der Waals surface area contributed by atoms with Crippen molar-refractivity contribution in [1.29, 1.82) is 0 Å². The second-order valence-corrected chi connectivity index (χ2v) is 7.26. The van der Waals surface area contributed by atoms with Crippen molar-refractivity contribution in [3.63, 3.8) is 0 Å². The van der Waals surface area contributed by atoms with Crippen LogP contribution in [0, 0.1) is 17.5 Å². The Labute approximate surface area is 190 Å². The van der Waals surface area contributed by atoms with Crippen LogP contribution in [0.25, 0.3) is 28.2 Å². The normalized spacial score (nSPS) is 11.2. The number of ether oxygens (including phenoxy) is 1. The lowest BCUT2D eigenvalue weighted by atomic mass is 10.1. The van der Waals surface area contributed by atoms with Crippen LogP contribution in [0.15, 0.2) is 55.0 Å². The predicted octanol–water partition coefficient (Wildman–Crippen LogP) is 3.85. The minimum atomic E-state index is -1.54. The van der Waals surface area contributed by atoms with E-state index in [0.717, 1.165) is 6.07 Å². The van der Waals surface area contributed by atoms with E-state index >= 15 is 0 Å². The molecule has 4 heterocycles. The Hall–Kier alpha value is -4.54. The Balaban J connectivity index is 1.59. The zero-order valence-corrected chi connectivity index (χ0v) is 17.7. The number of imidazole rings is 1. The summed E-state index contributed by atoms with van der Waals surface area (Å²) in [5.74, 6) is -3.02. The first-order valence-corrected chi connectivity index (χ1v) is 10.0. The number of nitrogen functional groups attached to an aromatic ring is 1. The summed E-state index contributed by atoms with van der Waals surface area (Å²) >= 11 is 0. The summed E-state index contributed by atoms with van der Waals surface area (Å²) in [5.41, 5.74) is 8.20. The quantitative estimate of drug-likeness (QED) is 0.395. The molecule has 170 valence electrons. The predicted molar refractivity (Wildman–Crippen MR) is 117 cm³/mol. The first-order valence-electron chi connectivity index (χ1n) is 10.0. The van der Waals surface area contributed by atoms with E-state index in [1.165, 1.54) is 30.1 Å². The van der Waals surface area contributed by atoms with Gasteiger partial charge in [0.1, 0.15) is 17.3 Å². The van der Waals surface area contributed by atoms with Gasteiger partial charge in [-0.1, -0.05) is 6.07 Å². The second kappa shape index (κ2) is 8.43. The van der Waals surface area contributed by atoms with Crippen molar-refractivity contribution >= 4 is 11.3 Å². The standard InChI is InChI=1S/C23H16F3N7O/c1-34-23-13(4-2-8-28-23)14-11-29-22(32-21(14)27)20-16-5-3-9-30-33(16)17(31-20)10-12-6-7-15(24)19(26)18(12)25/h2-9,11H,10H2,1H3,(H2,27,29,32). The Morgan fingerprint density at radius 2 is 1.76 bits per heavy atom. The summed E-state index contributed by atoms with van der Waals surface area (Å²) in [7, 11) is 1.50. The third kappa shape index (κ3) is 3.56. The van der Waals surface area contributed by atoms with Gasteiger partial charge in [0, 0.05) is 36.1 Å². The van der Waals surface area contributed by atoms with Crippen molar-refractivity contribution in [3.05, 3.63) is 83.8 Å². The summed E-state index contributed by atoms with van der Waals surface area (Å²) in [4.78, 5) is 17.5. The van der Waals surface area contributed by atoms with E-state index in [2.05, 4.69) is 25.0 Å². The Morgan fingerprint density at radius 1 is 0.941 bits per heavy atom. The summed E-state index contributed by atoms with van der Waals surface area (Å²) in [5, 5.41) is 4.26. The number of halogens is 3. The molecule has 0 spiro atoms. The molecule has 0 saturated carbocycles. The minimum absolute atomic E-state index is 0.0672. The molecule has 5 rings (SSSR count). The third-order valence-electron chi connectivity index (χ3n) is 5.23. The fraction of sp³-hybridized carbons (Fsp3) is 0.0870. The maximum atomic E-state index is 14.3. The Kier molecular flexibility index (Phi) is 5.28. The van der Waals surface area contributed by atoms with Crippen molar-refractivity contribution < 1.29 is 17.9 Å². The second-order valence-electron chi connectivity index (χ2n) is 7.26. The Bertz CT molecular complexity index is 1540. The van der Waals surface area contributed by atoms with Gasteiger partial charge in [-0.3, -0.25) is 0 Å². The molecule has 0 aliphatic rings. The van der Waals surface area contributed by atoms with Crippen molar-refractivity contribution in [2.75, 3.05) is 12.8 Å². The molecular weight excluding hydrogens is 447 g/mol. The van der Waals surface area contributed by atoms with Crippen LogP contribution in [0.3, 0.4) is 0 Å². The van der Waals surface area contributed by atoms with Gasteiger partial charge in [-0.25, -0.2) is 37.6 Å². The molecular formula is C23H16F3N7O.